The molecule has 0 saturated heterocycles. The van der Waals surface area contributed by atoms with Crippen LogP contribution in [0.4, 0.5) is 14.0 Å². The fraction of sp³-hybridized carbons (Fsp3) is 0.143. The minimum Gasteiger partial charge on any atom is -0.258 e. The Balaban J connectivity index is 3.57. The van der Waals surface area contributed by atoms with Crippen molar-refractivity contribution in [2.45, 2.75) is 11.8 Å². The second-order valence-electron chi connectivity index (χ2n) is 2.77. The number of nitrogens with zero attached hydrogens (tertiary/aromatic N) is 1. The smallest absolute Gasteiger partial charge is 0.258 e. The van der Waals surface area contributed by atoms with Crippen molar-refractivity contribution in [2.75, 3.05) is 0 Å². The highest BCUT2D eigenvalue weighted by Crippen LogP contribution is 2.25. The van der Waals surface area contributed by atoms with Crippen molar-refractivity contribution in [2.24, 2.45) is 0 Å². The highest BCUT2D eigenvalue weighted by Gasteiger charge is 2.23. The van der Waals surface area contributed by atoms with Gasteiger partial charge in [0.05, 0.1) is 4.92 Å². The minimum absolute atomic E-state index is 0.305. The van der Waals surface area contributed by atoms with Crippen molar-refractivity contribution in [3.63, 3.8) is 0 Å². The number of rotatable bonds is 2. The molecule has 0 N–H and O–H groups in total. The lowest BCUT2D eigenvalue weighted by atomic mass is 10.2. The molecule has 0 atom stereocenters. The molecule has 0 aliphatic heterocycles. The molecule has 0 aromatic heterocycles. The van der Waals surface area contributed by atoms with Gasteiger partial charge in [-0.1, -0.05) is 0 Å². The van der Waals surface area contributed by atoms with E-state index in [0.717, 1.165) is 6.92 Å². The normalized spacial score (nSPS) is 11.4. The summed E-state index contributed by atoms with van der Waals surface area (Å²) in [6.07, 6.45) is 0. The van der Waals surface area contributed by atoms with Crippen LogP contribution in [0.5, 0.6) is 0 Å². The molecule has 1 aromatic carbocycles. The van der Waals surface area contributed by atoms with Crippen LogP contribution in [0.2, 0.25) is 0 Å². The lowest BCUT2D eigenvalue weighted by Crippen LogP contribution is -2.00. The highest BCUT2D eigenvalue weighted by atomic mass is 32.3. The molecule has 0 fully saturated rings. The SMILES string of the molecule is Cc1cc(S(=O)(=O)F)cc([N+](=O)[O-])c1F. The van der Waals surface area contributed by atoms with Crippen LogP contribution < -0.4 is 0 Å². The first kappa shape index (κ1) is 11.5. The van der Waals surface area contributed by atoms with E-state index in [4.69, 9.17) is 0 Å². The Labute approximate surface area is 83.7 Å². The molecular formula is C7H5F2NO4S. The summed E-state index contributed by atoms with van der Waals surface area (Å²) in [5.41, 5.74) is -1.37. The summed E-state index contributed by atoms with van der Waals surface area (Å²) in [4.78, 5) is 8.26. The number of hydrogen-bond donors (Lipinski definition) is 0. The summed E-state index contributed by atoms with van der Waals surface area (Å²) in [5, 5.41) is 10.3. The fourth-order valence-corrected chi connectivity index (χ4v) is 1.56. The van der Waals surface area contributed by atoms with Crippen LogP contribution in [0.25, 0.3) is 0 Å². The minimum atomic E-state index is -5.07. The van der Waals surface area contributed by atoms with Crippen molar-refractivity contribution >= 4 is 15.9 Å². The van der Waals surface area contributed by atoms with Gasteiger partial charge in [0, 0.05) is 6.07 Å². The lowest BCUT2D eigenvalue weighted by molar-refractivity contribution is -0.387. The predicted octanol–water partition coefficient (Wildman–Crippen LogP) is 1.70. The number of aryl methyl sites for hydroxylation is 1. The standard InChI is InChI=1S/C7H5F2NO4S/c1-4-2-5(15(9,13)14)3-6(7(4)8)10(11)12/h2-3H,1H3. The third-order valence-corrected chi connectivity index (χ3v) is 2.49. The maximum atomic E-state index is 13.1. The molecule has 1 rings (SSSR count). The molecule has 0 radical (unpaired) electrons. The van der Waals surface area contributed by atoms with E-state index in [1.807, 2.05) is 0 Å². The first-order chi connectivity index (χ1) is 6.73. The Kier molecular flexibility index (Phi) is 2.71. The molecule has 8 heteroatoms. The second kappa shape index (κ2) is 3.54. The third kappa shape index (κ3) is 2.27. The van der Waals surface area contributed by atoms with Crippen LogP contribution in [-0.4, -0.2) is 13.3 Å². The Morgan fingerprint density at radius 3 is 2.33 bits per heavy atom. The van der Waals surface area contributed by atoms with Gasteiger partial charge in [-0.25, -0.2) is 0 Å². The summed E-state index contributed by atoms with van der Waals surface area (Å²) in [6, 6.07) is 1.04. The summed E-state index contributed by atoms with van der Waals surface area (Å²) in [5.74, 6) is -1.17. The molecule has 0 aliphatic carbocycles. The van der Waals surface area contributed by atoms with E-state index in [0.29, 0.717) is 12.1 Å². The number of halogens is 2. The molecule has 0 saturated carbocycles. The molecule has 0 bridgehead atoms. The lowest BCUT2D eigenvalue weighted by Gasteiger charge is -2.00. The van der Waals surface area contributed by atoms with Gasteiger partial charge in [-0.3, -0.25) is 10.1 Å². The molecular weight excluding hydrogens is 232 g/mol. The third-order valence-electron chi connectivity index (χ3n) is 1.69. The van der Waals surface area contributed by atoms with E-state index in [2.05, 4.69) is 0 Å². The first-order valence-electron chi connectivity index (χ1n) is 3.62. The predicted molar refractivity (Wildman–Crippen MR) is 46.1 cm³/mol. The van der Waals surface area contributed by atoms with E-state index in [9.17, 15) is 26.8 Å². The molecule has 0 unspecified atom stereocenters. The monoisotopic (exact) mass is 237 g/mol. The summed E-state index contributed by atoms with van der Waals surface area (Å²) < 4.78 is 46.5. The van der Waals surface area contributed by atoms with Gasteiger partial charge < -0.3 is 0 Å². The van der Waals surface area contributed by atoms with Crippen molar-refractivity contribution in [3.8, 4) is 0 Å². The average Bonchev–Trinajstić information content (AvgIpc) is 2.06. The van der Waals surface area contributed by atoms with Crippen molar-refractivity contribution in [1.82, 2.24) is 0 Å². The van der Waals surface area contributed by atoms with Crippen LogP contribution in [0.3, 0.4) is 0 Å². The van der Waals surface area contributed by atoms with Crippen molar-refractivity contribution in [1.29, 1.82) is 0 Å². The van der Waals surface area contributed by atoms with E-state index < -0.39 is 31.5 Å². The summed E-state index contributed by atoms with van der Waals surface area (Å²) >= 11 is 0. The molecule has 82 valence electrons. The highest BCUT2D eigenvalue weighted by molar-refractivity contribution is 7.86. The molecule has 0 heterocycles. The largest absolute Gasteiger partial charge is 0.332 e. The van der Waals surface area contributed by atoms with Crippen LogP contribution in [-0.2, 0) is 10.2 Å². The van der Waals surface area contributed by atoms with Gasteiger partial charge in [-0.05, 0) is 18.6 Å². The fourth-order valence-electron chi connectivity index (χ4n) is 0.992. The van der Waals surface area contributed by atoms with Gasteiger partial charge in [0.15, 0.2) is 0 Å². The molecule has 15 heavy (non-hydrogen) atoms. The van der Waals surface area contributed by atoms with Crippen molar-refractivity contribution in [3.05, 3.63) is 33.6 Å². The Hall–Kier alpha value is -1.57. The number of nitro groups is 1. The topological polar surface area (TPSA) is 77.3 Å². The molecule has 5 nitrogen and oxygen atoms in total. The van der Waals surface area contributed by atoms with Crippen LogP contribution >= 0.6 is 0 Å². The van der Waals surface area contributed by atoms with Crippen molar-refractivity contribution < 1.29 is 21.6 Å². The zero-order valence-corrected chi connectivity index (χ0v) is 8.22. The molecule has 0 spiro atoms. The van der Waals surface area contributed by atoms with Crippen LogP contribution in [0.15, 0.2) is 17.0 Å². The van der Waals surface area contributed by atoms with Crippen LogP contribution in [0, 0.1) is 22.9 Å². The van der Waals surface area contributed by atoms with Crippen LogP contribution in [0.1, 0.15) is 5.56 Å². The van der Waals surface area contributed by atoms with Gasteiger partial charge in [-0.15, -0.1) is 3.89 Å². The second-order valence-corrected chi connectivity index (χ2v) is 4.12. The molecule has 0 aliphatic rings. The number of nitro benzene ring substituents is 1. The Morgan fingerprint density at radius 1 is 1.40 bits per heavy atom. The quantitative estimate of drug-likeness (QED) is 0.445. The van der Waals surface area contributed by atoms with Gasteiger partial charge in [0.25, 0.3) is 0 Å². The maximum absolute atomic E-state index is 13.1. The van der Waals surface area contributed by atoms with E-state index >= 15 is 0 Å². The van der Waals surface area contributed by atoms with Gasteiger partial charge >= 0.3 is 15.9 Å². The zero-order valence-electron chi connectivity index (χ0n) is 7.40. The van der Waals surface area contributed by atoms with E-state index in [1.165, 1.54) is 0 Å². The zero-order chi connectivity index (χ0) is 11.8. The molecule has 1 aromatic rings. The Bertz CT molecular complexity index is 526. The average molecular weight is 237 g/mol. The first-order valence-corrected chi connectivity index (χ1v) is 5.01. The molecule has 0 amide bonds. The number of hydrogen-bond acceptors (Lipinski definition) is 4. The summed E-state index contributed by atoms with van der Waals surface area (Å²) in [6.45, 7) is 1.11. The van der Waals surface area contributed by atoms with Gasteiger partial charge in [0.2, 0.25) is 5.82 Å². The van der Waals surface area contributed by atoms with Gasteiger partial charge in [-0.2, -0.15) is 12.8 Å². The van der Waals surface area contributed by atoms with E-state index in [1.54, 1.807) is 0 Å². The maximum Gasteiger partial charge on any atom is 0.332 e. The van der Waals surface area contributed by atoms with E-state index in [-0.39, 0.29) is 5.56 Å². The number of benzene rings is 1. The summed E-state index contributed by atoms with van der Waals surface area (Å²) in [7, 11) is -5.07. The van der Waals surface area contributed by atoms with Gasteiger partial charge in [0.1, 0.15) is 4.90 Å². The Morgan fingerprint density at radius 2 is 1.93 bits per heavy atom.